The van der Waals surface area contributed by atoms with Gasteiger partial charge in [-0.3, -0.25) is 14.2 Å². The maximum absolute atomic E-state index is 14.2. The molecular formula is C32H40N2O8S. The van der Waals surface area contributed by atoms with E-state index < -0.39 is 28.9 Å². The Labute approximate surface area is 254 Å². The first-order valence-corrected chi connectivity index (χ1v) is 15.9. The Morgan fingerprint density at radius 1 is 1.19 bits per heavy atom. The Morgan fingerprint density at radius 2 is 1.88 bits per heavy atom. The van der Waals surface area contributed by atoms with Crippen LogP contribution in [0.5, 0.6) is 5.75 Å². The van der Waals surface area contributed by atoms with Gasteiger partial charge in [0.1, 0.15) is 22.2 Å². The van der Waals surface area contributed by atoms with E-state index in [0.717, 1.165) is 34.3 Å². The van der Waals surface area contributed by atoms with Crippen LogP contribution in [0.4, 0.5) is 0 Å². The molecule has 0 bridgehead atoms. The third-order valence-electron chi connectivity index (χ3n) is 8.69. The number of ketones is 1. The minimum Gasteiger partial charge on any atom is -0.496 e. The molecule has 10 nitrogen and oxygen atoms in total. The lowest BCUT2D eigenvalue weighted by molar-refractivity contribution is -0.142. The molecule has 0 radical (unpaired) electrons. The molecule has 3 heterocycles. The van der Waals surface area contributed by atoms with Crippen LogP contribution in [0.1, 0.15) is 85.7 Å². The van der Waals surface area contributed by atoms with Gasteiger partial charge in [0.15, 0.2) is 5.78 Å². The van der Waals surface area contributed by atoms with Gasteiger partial charge in [-0.05, 0) is 50.2 Å². The second-order valence-corrected chi connectivity index (χ2v) is 12.8. The number of thiophene rings is 1. The third-order valence-corrected chi connectivity index (χ3v) is 10.0. The number of aliphatic carboxylic acids is 1. The fourth-order valence-corrected chi connectivity index (χ4v) is 7.41. The number of carboxylic acids is 1. The van der Waals surface area contributed by atoms with E-state index in [2.05, 4.69) is 6.92 Å². The van der Waals surface area contributed by atoms with E-state index in [1.54, 1.807) is 14.0 Å². The van der Waals surface area contributed by atoms with E-state index in [4.69, 9.17) is 14.2 Å². The van der Waals surface area contributed by atoms with Crippen molar-refractivity contribution in [3.63, 3.8) is 0 Å². The van der Waals surface area contributed by atoms with E-state index in [-0.39, 0.29) is 42.6 Å². The molecule has 2 aliphatic rings. The van der Waals surface area contributed by atoms with Gasteiger partial charge in [0, 0.05) is 25.2 Å². The number of carbonyl (C=O) groups is 2. The van der Waals surface area contributed by atoms with Gasteiger partial charge in [-0.15, -0.1) is 11.3 Å². The van der Waals surface area contributed by atoms with Gasteiger partial charge in [0.05, 0.1) is 30.0 Å². The molecule has 232 valence electrons. The van der Waals surface area contributed by atoms with E-state index >= 15 is 0 Å². The minimum absolute atomic E-state index is 0.00284. The summed E-state index contributed by atoms with van der Waals surface area (Å²) in [6, 6.07) is 7.42. The summed E-state index contributed by atoms with van der Waals surface area (Å²) < 4.78 is 20.1. The SMILES string of the molecule is CCCC(C)CC(=O)c1sc2c(c1C)c(=O)n(C1(C(=O)O)CC1)c(=O)n2C[C@H](OC1CCOCC1)c1ccccc1OC. The molecule has 5 rings (SSSR count). The molecule has 1 aliphatic heterocycles. The Kier molecular flexibility index (Phi) is 9.24. The van der Waals surface area contributed by atoms with Crippen LogP contribution in [-0.2, 0) is 26.4 Å². The molecule has 43 heavy (non-hydrogen) atoms. The van der Waals surface area contributed by atoms with Gasteiger partial charge in [0.2, 0.25) is 0 Å². The highest BCUT2D eigenvalue weighted by atomic mass is 32.1. The monoisotopic (exact) mass is 612 g/mol. The minimum atomic E-state index is -1.60. The first kappa shape index (κ1) is 31.2. The molecule has 0 amide bonds. The number of Topliss-reactive ketones (excluding diaryl/α,β-unsaturated/α-hetero) is 1. The quantitative estimate of drug-likeness (QED) is 0.266. The highest BCUT2D eigenvalue weighted by molar-refractivity contribution is 7.20. The number of aromatic nitrogens is 2. The molecule has 11 heteroatoms. The number of nitrogens with zero attached hydrogens (tertiary/aromatic N) is 2. The predicted molar refractivity (Wildman–Crippen MR) is 164 cm³/mol. The van der Waals surface area contributed by atoms with Crippen molar-refractivity contribution in [3.05, 3.63) is 61.1 Å². The zero-order valence-electron chi connectivity index (χ0n) is 25.2. The second kappa shape index (κ2) is 12.8. The molecule has 1 saturated heterocycles. The highest BCUT2D eigenvalue weighted by Gasteiger charge is 2.55. The summed E-state index contributed by atoms with van der Waals surface area (Å²) >= 11 is 1.13. The summed E-state index contributed by atoms with van der Waals surface area (Å²) in [5, 5.41) is 10.3. The van der Waals surface area contributed by atoms with Crippen molar-refractivity contribution in [3.8, 4) is 5.75 Å². The third kappa shape index (κ3) is 5.94. The summed E-state index contributed by atoms with van der Waals surface area (Å²) in [5.74, 6) is -0.534. The molecule has 1 N–H and O–H groups in total. The Balaban J connectivity index is 1.70. The summed E-state index contributed by atoms with van der Waals surface area (Å²) in [7, 11) is 1.57. The van der Waals surface area contributed by atoms with Crippen LogP contribution in [0.25, 0.3) is 10.2 Å². The van der Waals surface area contributed by atoms with Crippen molar-refractivity contribution < 1.29 is 28.9 Å². The number of methoxy groups -OCH3 is 1. The first-order valence-electron chi connectivity index (χ1n) is 15.0. The summed E-state index contributed by atoms with van der Waals surface area (Å²) in [6.07, 6.45) is 3.14. The summed E-state index contributed by atoms with van der Waals surface area (Å²) in [4.78, 5) is 54.9. The van der Waals surface area contributed by atoms with Crippen LogP contribution >= 0.6 is 11.3 Å². The summed E-state index contributed by atoms with van der Waals surface area (Å²) in [6.45, 7) is 6.94. The predicted octanol–water partition coefficient (Wildman–Crippen LogP) is 5.06. The Morgan fingerprint density at radius 3 is 2.51 bits per heavy atom. The Hall–Kier alpha value is -3.28. The smallest absolute Gasteiger partial charge is 0.333 e. The number of carboxylic acid groups (broad SMARTS) is 1. The van der Waals surface area contributed by atoms with Crippen molar-refractivity contribution in [2.24, 2.45) is 5.92 Å². The number of ether oxygens (including phenoxy) is 3. The molecule has 1 aliphatic carbocycles. The number of aryl methyl sites for hydroxylation is 1. The average Bonchev–Trinajstić information content (AvgIpc) is 3.71. The molecule has 1 aromatic carbocycles. The van der Waals surface area contributed by atoms with Crippen molar-refractivity contribution in [1.82, 2.24) is 9.13 Å². The number of hydrogen-bond acceptors (Lipinski definition) is 8. The molecule has 2 fully saturated rings. The largest absolute Gasteiger partial charge is 0.496 e. The molecule has 2 atom stereocenters. The van der Waals surface area contributed by atoms with Crippen LogP contribution in [-0.4, -0.2) is 52.4 Å². The molecule has 1 saturated carbocycles. The standard InChI is InChI=1S/C32H40N2O8S/c1-5-8-19(2)17-23(35)27-20(3)26-28(36)34(32(13-14-32)30(37)38)31(39)33(29(26)43-27)18-25(42-21-11-15-41-16-12-21)22-9-6-7-10-24(22)40-4/h6-7,9-10,19,21,25H,5,8,11-18H2,1-4H3,(H,37,38)/t19?,25-/m0/s1. The van der Waals surface area contributed by atoms with Crippen molar-refractivity contribution in [2.75, 3.05) is 20.3 Å². The zero-order chi connectivity index (χ0) is 30.9. The number of fused-ring (bicyclic) bond motifs is 1. The maximum atomic E-state index is 14.2. The van der Waals surface area contributed by atoms with Crippen LogP contribution in [0.2, 0.25) is 0 Å². The Bertz CT molecular complexity index is 1630. The van der Waals surface area contributed by atoms with E-state index in [1.807, 2.05) is 31.2 Å². The number of benzene rings is 1. The number of para-hydroxylation sites is 1. The van der Waals surface area contributed by atoms with Crippen molar-refractivity contribution in [1.29, 1.82) is 0 Å². The molecule has 0 spiro atoms. The fraction of sp³-hybridized carbons (Fsp3) is 0.562. The first-order chi connectivity index (χ1) is 20.6. The molecule has 1 unspecified atom stereocenters. The number of carbonyl (C=O) groups excluding carboxylic acids is 1. The van der Waals surface area contributed by atoms with E-state index in [0.29, 0.717) is 53.5 Å². The normalized spacial score (nSPS) is 18.0. The van der Waals surface area contributed by atoms with Gasteiger partial charge in [-0.2, -0.15) is 0 Å². The van der Waals surface area contributed by atoms with E-state index in [9.17, 15) is 24.3 Å². The summed E-state index contributed by atoms with van der Waals surface area (Å²) in [5.41, 5.74) is -1.76. The van der Waals surface area contributed by atoms with Crippen LogP contribution < -0.4 is 16.0 Å². The zero-order valence-corrected chi connectivity index (χ0v) is 26.0. The molecular weight excluding hydrogens is 572 g/mol. The van der Waals surface area contributed by atoms with Crippen LogP contribution in [0.15, 0.2) is 33.9 Å². The van der Waals surface area contributed by atoms with Gasteiger partial charge in [-0.1, -0.05) is 44.9 Å². The second-order valence-electron chi connectivity index (χ2n) is 11.8. The van der Waals surface area contributed by atoms with Crippen LogP contribution in [0.3, 0.4) is 0 Å². The highest BCUT2D eigenvalue weighted by Crippen LogP contribution is 2.43. The number of hydrogen-bond donors (Lipinski definition) is 1. The van der Waals surface area contributed by atoms with E-state index in [1.165, 1.54) is 4.57 Å². The molecule has 3 aromatic rings. The number of rotatable bonds is 13. The van der Waals surface area contributed by atoms with Crippen molar-refractivity contribution in [2.45, 2.75) is 90.0 Å². The fourth-order valence-electron chi connectivity index (χ4n) is 6.16. The van der Waals surface area contributed by atoms with Gasteiger partial charge in [-0.25, -0.2) is 14.2 Å². The lowest BCUT2D eigenvalue weighted by atomic mass is 9.98. The topological polar surface area (TPSA) is 126 Å². The van der Waals surface area contributed by atoms with Gasteiger partial charge >= 0.3 is 11.7 Å². The van der Waals surface area contributed by atoms with Gasteiger partial charge < -0.3 is 19.3 Å². The average molecular weight is 613 g/mol. The lowest BCUT2D eigenvalue weighted by Crippen LogP contribution is -2.49. The lowest BCUT2D eigenvalue weighted by Gasteiger charge is -2.29. The maximum Gasteiger partial charge on any atom is 0.333 e. The molecule has 2 aromatic heterocycles. The van der Waals surface area contributed by atoms with Crippen LogP contribution in [0, 0.1) is 12.8 Å². The van der Waals surface area contributed by atoms with Crippen molar-refractivity contribution >= 4 is 33.3 Å². The van der Waals surface area contributed by atoms with Gasteiger partial charge in [0.25, 0.3) is 5.56 Å².